The van der Waals surface area contributed by atoms with Gasteiger partial charge in [0.25, 0.3) is 0 Å². The Morgan fingerprint density at radius 2 is 1.75 bits per heavy atom. The van der Waals surface area contributed by atoms with Crippen molar-refractivity contribution in [3.63, 3.8) is 0 Å². The van der Waals surface area contributed by atoms with E-state index >= 15 is 0 Å². The van der Waals surface area contributed by atoms with Crippen LogP contribution in [0, 0.1) is 0 Å². The van der Waals surface area contributed by atoms with Crippen LogP contribution >= 0.6 is 22.7 Å². The minimum absolute atomic E-state index is 0.182. The second-order valence-electron chi connectivity index (χ2n) is 5.18. The van der Waals surface area contributed by atoms with E-state index in [9.17, 15) is 5.11 Å². The molecule has 0 spiro atoms. The lowest BCUT2D eigenvalue weighted by Gasteiger charge is -2.33. The monoisotopic (exact) mass is 309 g/mol. The Bertz CT molecular complexity index is 470. The van der Waals surface area contributed by atoms with Gasteiger partial charge in [-0.3, -0.25) is 0 Å². The van der Waals surface area contributed by atoms with E-state index in [4.69, 9.17) is 4.74 Å². The molecule has 1 saturated heterocycles. The van der Waals surface area contributed by atoms with Gasteiger partial charge in [0.2, 0.25) is 0 Å². The quantitative estimate of drug-likeness (QED) is 0.892. The molecule has 5 heteroatoms. The fraction of sp³-hybridized carbons (Fsp3) is 0.467. The topological polar surface area (TPSA) is 41.5 Å². The minimum atomic E-state index is -0.634. The maximum Gasteiger partial charge on any atom is 0.0815 e. The van der Waals surface area contributed by atoms with Crippen LogP contribution in [-0.2, 0) is 4.74 Å². The van der Waals surface area contributed by atoms with Crippen LogP contribution < -0.4 is 5.32 Å². The Balaban J connectivity index is 1.71. The number of aliphatic hydroxyl groups is 1. The van der Waals surface area contributed by atoms with Crippen LogP contribution in [0.3, 0.4) is 0 Å². The van der Waals surface area contributed by atoms with E-state index in [-0.39, 0.29) is 6.04 Å². The molecule has 0 saturated carbocycles. The van der Waals surface area contributed by atoms with Gasteiger partial charge in [-0.05, 0) is 22.9 Å². The Morgan fingerprint density at radius 3 is 2.25 bits per heavy atom. The molecule has 108 valence electrons. The van der Waals surface area contributed by atoms with Crippen LogP contribution in [0.2, 0.25) is 0 Å². The van der Waals surface area contributed by atoms with Crippen molar-refractivity contribution in [3.05, 3.63) is 44.8 Å². The van der Waals surface area contributed by atoms with Crippen molar-refractivity contribution >= 4 is 22.7 Å². The summed E-state index contributed by atoms with van der Waals surface area (Å²) in [5, 5.41) is 18.3. The third-order valence-corrected chi connectivity index (χ3v) is 5.59. The number of hydrogen-bond donors (Lipinski definition) is 2. The van der Waals surface area contributed by atoms with Gasteiger partial charge < -0.3 is 15.2 Å². The van der Waals surface area contributed by atoms with Gasteiger partial charge in [0.15, 0.2) is 0 Å². The van der Waals surface area contributed by atoms with Crippen LogP contribution in [-0.4, -0.2) is 30.5 Å². The molecule has 1 fully saturated rings. The van der Waals surface area contributed by atoms with Gasteiger partial charge in [-0.15, -0.1) is 22.7 Å². The largest absolute Gasteiger partial charge is 0.388 e. The smallest absolute Gasteiger partial charge is 0.0815 e. The van der Waals surface area contributed by atoms with Gasteiger partial charge in [0.1, 0.15) is 0 Å². The molecule has 2 aromatic heterocycles. The van der Waals surface area contributed by atoms with Crippen LogP contribution in [0.1, 0.15) is 28.6 Å². The predicted octanol–water partition coefficient (Wildman–Crippen LogP) is 3.03. The SMILES string of the molecule is OC1(CNC(c2cccs2)c2cccs2)CCOCC1. The number of rotatable bonds is 5. The van der Waals surface area contributed by atoms with Gasteiger partial charge in [0, 0.05) is 42.4 Å². The van der Waals surface area contributed by atoms with Crippen LogP contribution in [0.4, 0.5) is 0 Å². The van der Waals surface area contributed by atoms with E-state index in [2.05, 4.69) is 40.3 Å². The van der Waals surface area contributed by atoms with Gasteiger partial charge in [-0.1, -0.05) is 12.1 Å². The zero-order valence-corrected chi connectivity index (χ0v) is 12.9. The molecular weight excluding hydrogens is 290 g/mol. The highest BCUT2D eigenvalue weighted by atomic mass is 32.1. The molecule has 0 aromatic carbocycles. The lowest BCUT2D eigenvalue weighted by molar-refractivity contribution is -0.0622. The van der Waals surface area contributed by atoms with Crippen molar-refractivity contribution in [3.8, 4) is 0 Å². The van der Waals surface area contributed by atoms with E-state index in [1.807, 2.05) is 0 Å². The molecule has 1 aliphatic rings. The van der Waals surface area contributed by atoms with Crippen molar-refractivity contribution < 1.29 is 9.84 Å². The molecule has 0 aliphatic carbocycles. The molecule has 0 bridgehead atoms. The second kappa shape index (κ2) is 6.37. The lowest BCUT2D eigenvalue weighted by atomic mass is 9.94. The Kier molecular flexibility index (Phi) is 4.53. The lowest BCUT2D eigenvalue weighted by Crippen LogP contribution is -2.45. The van der Waals surface area contributed by atoms with E-state index in [0.717, 1.165) is 0 Å². The molecule has 0 amide bonds. The molecule has 3 rings (SSSR count). The first-order valence-corrected chi connectivity index (χ1v) is 8.63. The second-order valence-corrected chi connectivity index (χ2v) is 7.14. The summed E-state index contributed by atoms with van der Waals surface area (Å²) >= 11 is 3.51. The average molecular weight is 309 g/mol. The first-order chi connectivity index (χ1) is 9.77. The zero-order valence-electron chi connectivity index (χ0n) is 11.2. The normalized spacial score (nSPS) is 18.5. The third kappa shape index (κ3) is 3.30. The van der Waals surface area contributed by atoms with Crippen molar-refractivity contribution in [2.75, 3.05) is 19.8 Å². The molecule has 0 radical (unpaired) electrons. The molecule has 20 heavy (non-hydrogen) atoms. The molecule has 2 N–H and O–H groups in total. The number of ether oxygens (including phenoxy) is 1. The van der Waals surface area contributed by atoms with E-state index < -0.39 is 5.60 Å². The highest BCUT2D eigenvalue weighted by Gasteiger charge is 2.31. The Labute approximate surface area is 127 Å². The predicted molar refractivity (Wildman–Crippen MR) is 83.5 cm³/mol. The molecule has 0 unspecified atom stereocenters. The van der Waals surface area contributed by atoms with Crippen molar-refractivity contribution in [2.45, 2.75) is 24.5 Å². The number of thiophene rings is 2. The van der Waals surface area contributed by atoms with Gasteiger partial charge in [-0.25, -0.2) is 0 Å². The number of hydrogen-bond acceptors (Lipinski definition) is 5. The molecule has 0 atom stereocenters. The zero-order chi connectivity index (χ0) is 13.8. The van der Waals surface area contributed by atoms with Crippen molar-refractivity contribution in [1.29, 1.82) is 0 Å². The third-order valence-electron chi connectivity index (χ3n) is 3.71. The summed E-state index contributed by atoms with van der Waals surface area (Å²) in [5.74, 6) is 0. The van der Waals surface area contributed by atoms with E-state index in [1.54, 1.807) is 22.7 Å². The van der Waals surface area contributed by atoms with Crippen molar-refractivity contribution in [2.24, 2.45) is 0 Å². The summed E-state index contributed by atoms with van der Waals surface area (Å²) in [5.41, 5.74) is -0.634. The highest BCUT2D eigenvalue weighted by Crippen LogP contribution is 2.30. The molecule has 2 aromatic rings. The molecular formula is C15H19NO2S2. The standard InChI is InChI=1S/C15H19NO2S2/c17-15(5-7-18-8-6-15)11-16-14(12-3-1-9-19-12)13-4-2-10-20-13/h1-4,9-10,14,16-17H,5-8,11H2. The van der Waals surface area contributed by atoms with Crippen molar-refractivity contribution in [1.82, 2.24) is 5.32 Å². The summed E-state index contributed by atoms with van der Waals surface area (Å²) in [6.45, 7) is 1.92. The molecule has 3 nitrogen and oxygen atoms in total. The maximum absolute atomic E-state index is 10.6. The molecule has 3 heterocycles. The van der Waals surface area contributed by atoms with Crippen LogP contribution in [0.25, 0.3) is 0 Å². The van der Waals surface area contributed by atoms with Crippen LogP contribution in [0.5, 0.6) is 0 Å². The first-order valence-electron chi connectivity index (χ1n) is 6.87. The Hall–Kier alpha value is -0.720. The summed E-state index contributed by atoms with van der Waals surface area (Å²) in [6, 6.07) is 8.63. The average Bonchev–Trinajstić information content (AvgIpc) is 3.13. The summed E-state index contributed by atoms with van der Waals surface area (Å²) in [6.07, 6.45) is 1.42. The van der Waals surface area contributed by atoms with E-state index in [0.29, 0.717) is 32.6 Å². The van der Waals surface area contributed by atoms with Gasteiger partial charge >= 0.3 is 0 Å². The fourth-order valence-electron chi connectivity index (χ4n) is 2.47. The van der Waals surface area contributed by atoms with Gasteiger partial charge in [0.05, 0.1) is 11.6 Å². The van der Waals surface area contributed by atoms with E-state index in [1.165, 1.54) is 9.75 Å². The van der Waals surface area contributed by atoms with Gasteiger partial charge in [-0.2, -0.15) is 0 Å². The summed E-state index contributed by atoms with van der Waals surface area (Å²) in [4.78, 5) is 2.59. The summed E-state index contributed by atoms with van der Waals surface area (Å²) < 4.78 is 5.33. The Morgan fingerprint density at radius 1 is 1.15 bits per heavy atom. The minimum Gasteiger partial charge on any atom is -0.388 e. The first kappa shape index (κ1) is 14.2. The highest BCUT2D eigenvalue weighted by molar-refractivity contribution is 7.11. The number of nitrogens with one attached hydrogen (secondary N) is 1. The van der Waals surface area contributed by atoms with Crippen LogP contribution in [0.15, 0.2) is 35.0 Å². The molecule has 1 aliphatic heterocycles. The maximum atomic E-state index is 10.6. The fourth-order valence-corrected chi connectivity index (χ4v) is 4.18. The summed E-state index contributed by atoms with van der Waals surface area (Å²) in [7, 11) is 0.